The number of ether oxygens (including phenoxy) is 1. The number of nitrogens with zero attached hydrogens (tertiary/aromatic N) is 1. The van der Waals surface area contributed by atoms with Gasteiger partial charge in [-0.3, -0.25) is 0 Å². The van der Waals surface area contributed by atoms with Gasteiger partial charge in [-0.15, -0.1) is 0 Å². The summed E-state index contributed by atoms with van der Waals surface area (Å²) in [6, 6.07) is 8.22. The first-order valence-corrected chi connectivity index (χ1v) is 4.77. The van der Waals surface area contributed by atoms with Crippen molar-refractivity contribution in [3.8, 4) is 17.0 Å². The number of pyridine rings is 1. The van der Waals surface area contributed by atoms with Crippen LogP contribution in [0.2, 0.25) is 0 Å². The third kappa shape index (κ3) is 1.82. The van der Waals surface area contributed by atoms with Crippen LogP contribution in [0.25, 0.3) is 11.1 Å². The number of rotatable bonds is 2. The van der Waals surface area contributed by atoms with Crippen LogP contribution >= 0.6 is 0 Å². The van der Waals surface area contributed by atoms with Crippen LogP contribution in [0, 0.1) is 5.82 Å². The smallest absolute Gasteiger partial charge is 0.221 e. The van der Waals surface area contributed by atoms with E-state index >= 15 is 0 Å². The van der Waals surface area contributed by atoms with E-state index < -0.39 is 5.82 Å². The van der Waals surface area contributed by atoms with E-state index in [-0.39, 0.29) is 5.69 Å². The molecule has 1 aromatic carbocycles. The van der Waals surface area contributed by atoms with Gasteiger partial charge in [-0.05, 0) is 29.8 Å². The number of anilines is 1. The lowest BCUT2D eigenvalue weighted by atomic mass is 10.1. The lowest BCUT2D eigenvalue weighted by molar-refractivity contribution is 0.399. The molecule has 0 unspecified atom stereocenters. The quantitative estimate of drug-likeness (QED) is 0.788. The Kier molecular flexibility index (Phi) is 2.72. The molecular weight excluding hydrogens is 207 g/mol. The van der Waals surface area contributed by atoms with Gasteiger partial charge in [0.05, 0.1) is 12.8 Å². The fourth-order valence-electron chi connectivity index (χ4n) is 1.47. The predicted octanol–water partition coefficient (Wildman–Crippen LogP) is 2.48. The van der Waals surface area contributed by atoms with E-state index in [0.717, 1.165) is 5.56 Å². The van der Waals surface area contributed by atoms with Crippen LogP contribution in [0.1, 0.15) is 0 Å². The van der Waals surface area contributed by atoms with Crippen molar-refractivity contribution < 1.29 is 9.13 Å². The van der Waals surface area contributed by atoms with Gasteiger partial charge in [-0.1, -0.05) is 6.07 Å². The molecule has 2 N–H and O–H groups in total. The van der Waals surface area contributed by atoms with Crippen molar-refractivity contribution in [2.45, 2.75) is 0 Å². The highest BCUT2D eigenvalue weighted by molar-refractivity contribution is 5.70. The first-order valence-electron chi connectivity index (χ1n) is 4.77. The molecule has 0 fully saturated rings. The lowest BCUT2D eigenvalue weighted by Crippen LogP contribution is -1.93. The van der Waals surface area contributed by atoms with Crippen LogP contribution in [0.3, 0.4) is 0 Å². The van der Waals surface area contributed by atoms with Crippen LogP contribution in [0.4, 0.5) is 10.1 Å². The van der Waals surface area contributed by atoms with E-state index in [4.69, 9.17) is 10.5 Å². The zero-order valence-corrected chi connectivity index (χ0v) is 8.77. The van der Waals surface area contributed by atoms with Crippen LogP contribution in [-0.2, 0) is 0 Å². The van der Waals surface area contributed by atoms with Crippen molar-refractivity contribution in [2.75, 3.05) is 12.8 Å². The molecule has 0 aliphatic rings. The Morgan fingerprint density at radius 1 is 1.31 bits per heavy atom. The van der Waals surface area contributed by atoms with E-state index in [1.54, 1.807) is 18.3 Å². The fraction of sp³-hybridized carbons (Fsp3) is 0.0833. The van der Waals surface area contributed by atoms with E-state index in [2.05, 4.69) is 4.98 Å². The maximum atomic E-state index is 13.3. The van der Waals surface area contributed by atoms with Crippen LogP contribution in [0.5, 0.6) is 5.88 Å². The number of hydrogen-bond donors (Lipinski definition) is 1. The highest BCUT2D eigenvalue weighted by Crippen LogP contribution is 2.29. The predicted molar refractivity (Wildman–Crippen MR) is 60.6 cm³/mol. The molecule has 1 aromatic heterocycles. The summed E-state index contributed by atoms with van der Waals surface area (Å²) in [5.74, 6) is 0.0232. The van der Waals surface area contributed by atoms with Gasteiger partial charge in [0.2, 0.25) is 5.88 Å². The first kappa shape index (κ1) is 10.4. The topological polar surface area (TPSA) is 48.1 Å². The maximum Gasteiger partial charge on any atom is 0.221 e. The summed E-state index contributed by atoms with van der Waals surface area (Å²) < 4.78 is 18.4. The molecule has 0 bridgehead atoms. The minimum Gasteiger partial charge on any atom is -0.481 e. The second-order valence-electron chi connectivity index (χ2n) is 3.30. The lowest BCUT2D eigenvalue weighted by Gasteiger charge is -2.07. The minimum absolute atomic E-state index is 0.131. The Labute approximate surface area is 92.7 Å². The number of nitrogens with two attached hydrogens (primary N) is 1. The average Bonchev–Trinajstić information content (AvgIpc) is 2.32. The number of aromatic nitrogens is 1. The molecule has 0 aliphatic heterocycles. The molecule has 0 spiro atoms. The van der Waals surface area contributed by atoms with Gasteiger partial charge < -0.3 is 10.5 Å². The largest absolute Gasteiger partial charge is 0.481 e. The van der Waals surface area contributed by atoms with Crippen LogP contribution < -0.4 is 10.5 Å². The molecule has 1 heterocycles. The Bertz CT molecular complexity index is 514. The van der Waals surface area contributed by atoms with Crippen molar-refractivity contribution >= 4 is 5.69 Å². The zero-order valence-electron chi connectivity index (χ0n) is 8.77. The van der Waals surface area contributed by atoms with E-state index in [9.17, 15) is 4.39 Å². The summed E-state index contributed by atoms with van der Waals surface area (Å²) in [4.78, 5) is 4.05. The normalized spacial score (nSPS) is 10.1. The van der Waals surface area contributed by atoms with Gasteiger partial charge in [0.25, 0.3) is 0 Å². The number of nitrogen functional groups attached to an aromatic ring is 1. The monoisotopic (exact) mass is 218 g/mol. The molecule has 82 valence electrons. The van der Waals surface area contributed by atoms with Gasteiger partial charge >= 0.3 is 0 Å². The summed E-state index contributed by atoms with van der Waals surface area (Å²) in [5.41, 5.74) is 6.98. The van der Waals surface area contributed by atoms with Crippen molar-refractivity contribution in [1.82, 2.24) is 4.98 Å². The summed E-state index contributed by atoms with van der Waals surface area (Å²) >= 11 is 0. The van der Waals surface area contributed by atoms with Crippen molar-refractivity contribution in [1.29, 1.82) is 0 Å². The molecule has 0 atom stereocenters. The first-order chi connectivity index (χ1) is 7.72. The van der Waals surface area contributed by atoms with E-state index in [1.807, 2.05) is 6.07 Å². The van der Waals surface area contributed by atoms with Crippen molar-refractivity contribution in [2.24, 2.45) is 0 Å². The number of methoxy groups -OCH3 is 1. The van der Waals surface area contributed by atoms with Gasteiger partial charge in [0.1, 0.15) is 5.82 Å². The number of halogens is 1. The van der Waals surface area contributed by atoms with Gasteiger partial charge in [-0.2, -0.15) is 0 Å². The molecule has 0 amide bonds. The SMILES string of the molecule is COc1ncccc1-c1ccc(N)c(F)c1. The second-order valence-corrected chi connectivity index (χ2v) is 3.30. The third-order valence-corrected chi connectivity index (χ3v) is 2.28. The molecule has 0 radical (unpaired) electrons. The molecule has 0 saturated carbocycles. The van der Waals surface area contributed by atoms with Crippen molar-refractivity contribution in [3.63, 3.8) is 0 Å². The van der Waals surface area contributed by atoms with Gasteiger partial charge in [-0.25, -0.2) is 9.37 Å². The molecule has 3 nitrogen and oxygen atoms in total. The molecule has 0 saturated heterocycles. The third-order valence-electron chi connectivity index (χ3n) is 2.28. The summed E-state index contributed by atoms with van der Waals surface area (Å²) in [6.07, 6.45) is 1.62. The zero-order chi connectivity index (χ0) is 11.5. The number of hydrogen-bond acceptors (Lipinski definition) is 3. The molecule has 0 aliphatic carbocycles. The highest BCUT2D eigenvalue weighted by Gasteiger charge is 2.08. The second kappa shape index (κ2) is 4.18. The van der Waals surface area contributed by atoms with Crippen LogP contribution in [0.15, 0.2) is 36.5 Å². The summed E-state index contributed by atoms with van der Waals surface area (Å²) in [7, 11) is 1.53. The number of benzene rings is 1. The van der Waals surface area contributed by atoms with Gasteiger partial charge in [0, 0.05) is 11.8 Å². The minimum atomic E-state index is -0.441. The van der Waals surface area contributed by atoms with E-state index in [1.165, 1.54) is 19.2 Å². The molecule has 16 heavy (non-hydrogen) atoms. The molecule has 2 aromatic rings. The Balaban J connectivity index is 2.54. The van der Waals surface area contributed by atoms with Crippen molar-refractivity contribution in [3.05, 3.63) is 42.3 Å². The highest BCUT2D eigenvalue weighted by atomic mass is 19.1. The maximum absolute atomic E-state index is 13.3. The van der Waals surface area contributed by atoms with E-state index in [0.29, 0.717) is 11.4 Å². The van der Waals surface area contributed by atoms with Gasteiger partial charge in [0.15, 0.2) is 0 Å². The Hall–Kier alpha value is -2.10. The molecule has 4 heteroatoms. The summed E-state index contributed by atoms with van der Waals surface area (Å²) in [5, 5.41) is 0. The summed E-state index contributed by atoms with van der Waals surface area (Å²) in [6.45, 7) is 0. The standard InChI is InChI=1S/C12H11FN2O/c1-16-12-9(3-2-6-15-12)8-4-5-11(14)10(13)7-8/h2-7H,14H2,1H3. The Morgan fingerprint density at radius 3 is 2.81 bits per heavy atom. The molecule has 2 rings (SSSR count). The Morgan fingerprint density at radius 2 is 2.12 bits per heavy atom. The average molecular weight is 218 g/mol. The van der Waals surface area contributed by atoms with Crippen LogP contribution in [-0.4, -0.2) is 12.1 Å². The molecular formula is C12H11FN2O. The fourth-order valence-corrected chi connectivity index (χ4v) is 1.47.